The van der Waals surface area contributed by atoms with Gasteiger partial charge >= 0.3 is 0 Å². The standard InChI is InChI=1S/C22H21ClN2O2/c1-2-12-27-16-9-7-15(8-10-16)24-22(26)21-17-4-3-5-19(17)25-20-11-6-14(23)13-18(20)21/h6-11,13H,2-5,12H2,1H3,(H,24,26). The number of fused-ring (bicyclic) bond motifs is 2. The maximum Gasteiger partial charge on any atom is 0.256 e. The van der Waals surface area contributed by atoms with Gasteiger partial charge in [-0.2, -0.15) is 0 Å². The smallest absolute Gasteiger partial charge is 0.256 e. The van der Waals surface area contributed by atoms with Crippen LogP contribution in [0.3, 0.4) is 0 Å². The van der Waals surface area contributed by atoms with Crippen LogP contribution in [0.5, 0.6) is 5.75 Å². The van der Waals surface area contributed by atoms with E-state index in [0.29, 0.717) is 17.2 Å². The highest BCUT2D eigenvalue weighted by Gasteiger charge is 2.24. The van der Waals surface area contributed by atoms with Gasteiger partial charge in [-0.05, 0) is 73.7 Å². The maximum absolute atomic E-state index is 13.1. The maximum atomic E-state index is 13.1. The molecule has 1 aliphatic carbocycles. The first-order valence-corrected chi connectivity index (χ1v) is 9.68. The van der Waals surface area contributed by atoms with Crippen molar-refractivity contribution in [2.75, 3.05) is 11.9 Å². The van der Waals surface area contributed by atoms with E-state index in [1.54, 1.807) is 0 Å². The molecule has 138 valence electrons. The quantitative estimate of drug-likeness (QED) is 0.643. The minimum Gasteiger partial charge on any atom is -0.494 e. The lowest BCUT2D eigenvalue weighted by molar-refractivity contribution is 0.102. The Morgan fingerprint density at radius 1 is 1.19 bits per heavy atom. The van der Waals surface area contributed by atoms with Gasteiger partial charge in [0.25, 0.3) is 5.91 Å². The van der Waals surface area contributed by atoms with Crippen molar-refractivity contribution in [2.45, 2.75) is 32.6 Å². The van der Waals surface area contributed by atoms with E-state index in [4.69, 9.17) is 21.3 Å². The Labute approximate surface area is 163 Å². The summed E-state index contributed by atoms with van der Waals surface area (Å²) in [6, 6.07) is 13.0. The van der Waals surface area contributed by atoms with Gasteiger partial charge in [0, 0.05) is 21.8 Å². The summed E-state index contributed by atoms with van der Waals surface area (Å²) in [5.74, 6) is 0.682. The van der Waals surface area contributed by atoms with Gasteiger partial charge in [-0.15, -0.1) is 0 Å². The summed E-state index contributed by atoms with van der Waals surface area (Å²) < 4.78 is 5.60. The zero-order chi connectivity index (χ0) is 18.8. The van der Waals surface area contributed by atoms with Crippen LogP contribution in [0.4, 0.5) is 5.69 Å². The minimum absolute atomic E-state index is 0.120. The third-order valence-corrected chi connectivity index (χ3v) is 5.02. The number of aromatic nitrogens is 1. The number of benzene rings is 2. The van der Waals surface area contributed by atoms with Crippen LogP contribution in [0.2, 0.25) is 5.02 Å². The molecule has 4 rings (SSSR count). The minimum atomic E-state index is -0.120. The molecule has 1 amide bonds. The van der Waals surface area contributed by atoms with E-state index in [2.05, 4.69) is 12.2 Å². The molecule has 0 saturated heterocycles. The highest BCUT2D eigenvalue weighted by molar-refractivity contribution is 6.31. The van der Waals surface area contributed by atoms with E-state index in [-0.39, 0.29) is 5.91 Å². The van der Waals surface area contributed by atoms with Crippen molar-refractivity contribution in [3.05, 3.63) is 64.3 Å². The number of rotatable bonds is 5. The zero-order valence-electron chi connectivity index (χ0n) is 15.2. The molecule has 0 bridgehead atoms. The van der Waals surface area contributed by atoms with Crippen molar-refractivity contribution in [3.8, 4) is 5.75 Å². The van der Waals surface area contributed by atoms with E-state index in [1.807, 2.05) is 42.5 Å². The summed E-state index contributed by atoms with van der Waals surface area (Å²) >= 11 is 6.19. The van der Waals surface area contributed by atoms with Crippen LogP contribution in [-0.4, -0.2) is 17.5 Å². The van der Waals surface area contributed by atoms with Crippen molar-refractivity contribution in [2.24, 2.45) is 0 Å². The molecule has 27 heavy (non-hydrogen) atoms. The molecule has 0 spiro atoms. The van der Waals surface area contributed by atoms with Crippen LogP contribution in [0, 0.1) is 0 Å². The summed E-state index contributed by atoms with van der Waals surface area (Å²) in [4.78, 5) is 17.9. The molecule has 4 nitrogen and oxygen atoms in total. The summed E-state index contributed by atoms with van der Waals surface area (Å²) in [5, 5.41) is 4.43. The molecule has 2 aromatic carbocycles. The third kappa shape index (κ3) is 3.62. The molecular weight excluding hydrogens is 360 g/mol. The molecular formula is C22H21ClN2O2. The van der Waals surface area contributed by atoms with Gasteiger partial charge in [-0.25, -0.2) is 0 Å². The lowest BCUT2D eigenvalue weighted by Gasteiger charge is -2.13. The first kappa shape index (κ1) is 17.8. The van der Waals surface area contributed by atoms with Gasteiger partial charge in [-0.3, -0.25) is 9.78 Å². The van der Waals surface area contributed by atoms with Crippen molar-refractivity contribution in [3.63, 3.8) is 0 Å². The Kier molecular flexibility index (Phi) is 4.99. The lowest BCUT2D eigenvalue weighted by atomic mass is 10.0. The molecule has 5 heteroatoms. The van der Waals surface area contributed by atoms with Crippen molar-refractivity contribution >= 4 is 34.1 Å². The average Bonchev–Trinajstić information content (AvgIpc) is 3.13. The molecule has 0 unspecified atom stereocenters. The van der Waals surface area contributed by atoms with Gasteiger partial charge < -0.3 is 10.1 Å². The van der Waals surface area contributed by atoms with E-state index >= 15 is 0 Å². The molecule has 3 aromatic rings. The monoisotopic (exact) mass is 380 g/mol. The van der Waals surface area contributed by atoms with Gasteiger partial charge in [0.2, 0.25) is 0 Å². The number of pyridine rings is 1. The fourth-order valence-corrected chi connectivity index (χ4v) is 3.71. The Morgan fingerprint density at radius 3 is 2.78 bits per heavy atom. The van der Waals surface area contributed by atoms with Crippen molar-refractivity contribution in [1.82, 2.24) is 4.98 Å². The Balaban J connectivity index is 1.67. The number of aryl methyl sites for hydroxylation is 1. The fraction of sp³-hybridized carbons (Fsp3) is 0.273. The molecule has 0 atom stereocenters. The largest absolute Gasteiger partial charge is 0.494 e. The number of hydrogen-bond acceptors (Lipinski definition) is 3. The van der Waals surface area contributed by atoms with Crippen LogP contribution in [0.1, 0.15) is 41.4 Å². The predicted octanol–water partition coefficient (Wildman–Crippen LogP) is 5.42. The van der Waals surface area contributed by atoms with Crippen LogP contribution < -0.4 is 10.1 Å². The normalized spacial score (nSPS) is 12.8. The summed E-state index contributed by atoms with van der Waals surface area (Å²) in [7, 11) is 0. The number of halogens is 1. The highest BCUT2D eigenvalue weighted by Crippen LogP contribution is 2.32. The second kappa shape index (κ2) is 7.57. The Morgan fingerprint density at radius 2 is 2.00 bits per heavy atom. The first-order valence-electron chi connectivity index (χ1n) is 9.31. The number of carbonyl (C=O) groups is 1. The first-order chi connectivity index (χ1) is 13.2. The number of anilines is 1. The molecule has 1 aliphatic rings. The fourth-order valence-electron chi connectivity index (χ4n) is 3.54. The molecule has 1 heterocycles. The van der Waals surface area contributed by atoms with Gasteiger partial charge in [0.05, 0.1) is 17.7 Å². The van der Waals surface area contributed by atoms with Gasteiger partial charge in [0.15, 0.2) is 0 Å². The van der Waals surface area contributed by atoms with E-state index in [1.165, 1.54) is 0 Å². The average molecular weight is 381 g/mol. The van der Waals surface area contributed by atoms with Crippen molar-refractivity contribution in [1.29, 1.82) is 0 Å². The molecule has 0 radical (unpaired) electrons. The van der Waals surface area contributed by atoms with Crippen LogP contribution in [0.15, 0.2) is 42.5 Å². The molecule has 0 saturated carbocycles. The number of carbonyl (C=O) groups excluding carboxylic acids is 1. The van der Waals surface area contributed by atoms with Crippen LogP contribution >= 0.6 is 11.6 Å². The SMILES string of the molecule is CCCOc1ccc(NC(=O)c2c3c(nc4ccc(Cl)cc24)CCC3)cc1. The Hall–Kier alpha value is -2.59. The van der Waals surface area contributed by atoms with E-state index in [9.17, 15) is 4.79 Å². The number of nitrogens with zero attached hydrogens (tertiary/aromatic N) is 1. The summed E-state index contributed by atoms with van der Waals surface area (Å²) in [5.41, 5.74) is 4.32. The summed E-state index contributed by atoms with van der Waals surface area (Å²) in [6.07, 6.45) is 3.77. The molecule has 0 aliphatic heterocycles. The van der Waals surface area contributed by atoms with Crippen molar-refractivity contribution < 1.29 is 9.53 Å². The second-order valence-corrected chi connectivity index (χ2v) is 7.19. The van der Waals surface area contributed by atoms with Crippen LogP contribution in [-0.2, 0) is 12.8 Å². The highest BCUT2D eigenvalue weighted by atomic mass is 35.5. The number of ether oxygens (including phenoxy) is 1. The number of hydrogen-bond donors (Lipinski definition) is 1. The lowest BCUT2D eigenvalue weighted by Crippen LogP contribution is -2.15. The molecule has 0 fully saturated rings. The topological polar surface area (TPSA) is 51.2 Å². The third-order valence-electron chi connectivity index (χ3n) is 4.79. The molecule has 1 N–H and O–H groups in total. The predicted molar refractivity (Wildman–Crippen MR) is 109 cm³/mol. The van der Waals surface area contributed by atoms with E-state index in [0.717, 1.165) is 59.3 Å². The summed E-state index contributed by atoms with van der Waals surface area (Å²) in [6.45, 7) is 2.75. The zero-order valence-corrected chi connectivity index (χ0v) is 16.0. The molecule has 1 aromatic heterocycles. The van der Waals surface area contributed by atoms with Gasteiger partial charge in [-0.1, -0.05) is 18.5 Å². The second-order valence-electron chi connectivity index (χ2n) is 6.75. The Bertz CT molecular complexity index is 999. The number of nitrogens with one attached hydrogen (secondary N) is 1. The van der Waals surface area contributed by atoms with Crippen LogP contribution in [0.25, 0.3) is 10.9 Å². The van der Waals surface area contributed by atoms with E-state index < -0.39 is 0 Å². The number of amides is 1. The van der Waals surface area contributed by atoms with Gasteiger partial charge in [0.1, 0.15) is 5.75 Å².